The predicted molar refractivity (Wildman–Crippen MR) is 108 cm³/mol. The van der Waals surface area contributed by atoms with Crippen molar-refractivity contribution in [1.82, 2.24) is 14.9 Å². The van der Waals surface area contributed by atoms with Crippen molar-refractivity contribution in [2.75, 3.05) is 26.8 Å². The molecule has 0 saturated carbocycles. The van der Waals surface area contributed by atoms with E-state index < -0.39 is 0 Å². The monoisotopic (exact) mass is 383 g/mol. The van der Waals surface area contributed by atoms with Crippen molar-refractivity contribution in [1.29, 1.82) is 0 Å². The summed E-state index contributed by atoms with van der Waals surface area (Å²) >= 11 is 0. The van der Waals surface area contributed by atoms with E-state index in [-0.39, 0.29) is 11.8 Å². The number of aromatic nitrogens is 2. The van der Waals surface area contributed by atoms with Crippen LogP contribution in [0.25, 0.3) is 0 Å². The number of carbonyl (C=O) groups excluding carboxylic acids is 1. The number of hydrogen-bond donors (Lipinski definition) is 0. The van der Waals surface area contributed by atoms with Crippen molar-refractivity contribution >= 4 is 5.91 Å². The average molecular weight is 383 g/mol. The molecule has 1 aromatic heterocycles. The Bertz CT molecular complexity index is 838. The number of likely N-dealkylation sites (tertiary alicyclic amines) is 1. The highest BCUT2D eigenvalue weighted by atomic mass is 16.5. The van der Waals surface area contributed by atoms with Crippen molar-refractivity contribution in [3.63, 3.8) is 0 Å². The fraction of sp³-hybridized carbons (Fsp3) is 0.500. The fourth-order valence-corrected chi connectivity index (χ4v) is 3.75. The van der Waals surface area contributed by atoms with E-state index in [1.807, 2.05) is 50.1 Å². The average Bonchev–Trinajstić information content (AvgIpc) is 2.72. The number of rotatable bonds is 6. The number of carbonyl (C=O) groups is 1. The van der Waals surface area contributed by atoms with E-state index in [2.05, 4.69) is 4.98 Å². The summed E-state index contributed by atoms with van der Waals surface area (Å²) < 4.78 is 10.9. The molecule has 1 aromatic carbocycles. The molecule has 0 radical (unpaired) electrons. The lowest BCUT2D eigenvalue weighted by atomic mass is 9.91. The van der Waals surface area contributed by atoms with Gasteiger partial charge in [0, 0.05) is 42.9 Å². The van der Waals surface area contributed by atoms with Gasteiger partial charge in [-0.3, -0.25) is 4.79 Å². The van der Waals surface area contributed by atoms with Gasteiger partial charge in [0.1, 0.15) is 11.6 Å². The summed E-state index contributed by atoms with van der Waals surface area (Å²) in [6, 6.07) is 5.60. The first-order valence-corrected chi connectivity index (χ1v) is 9.87. The topological polar surface area (TPSA) is 64.6 Å². The van der Waals surface area contributed by atoms with E-state index in [0.717, 1.165) is 53.3 Å². The van der Waals surface area contributed by atoms with Crippen LogP contribution < -0.4 is 4.74 Å². The molecule has 3 rings (SSSR count). The molecule has 6 heteroatoms. The minimum atomic E-state index is 0.0713. The maximum atomic E-state index is 13.1. The maximum Gasteiger partial charge on any atom is 0.254 e. The molecular formula is C22H29N3O3. The van der Waals surface area contributed by atoms with Gasteiger partial charge in [0.05, 0.1) is 19.4 Å². The molecule has 1 aliphatic heterocycles. The van der Waals surface area contributed by atoms with Gasteiger partial charge >= 0.3 is 0 Å². The van der Waals surface area contributed by atoms with Gasteiger partial charge in [-0.15, -0.1) is 0 Å². The van der Waals surface area contributed by atoms with Crippen molar-refractivity contribution in [3.05, 3.63) is 52.6 Å². The highest BCUT2D eigenvalue weighted by Crippen LogP contribution is 2.30. The Morgan fingerprint density at radius 3 is 2.86 bits per heavy atom. The van der Waals surface area contributed by atoms with Crippen LogP contribution in [0, 0.1) is 13.8 Å². The molecule has 0 N–H and O–H groups in total. The lowest BCUT2D eigenvalue weighted by Crippen LogP contribution is -2.40. The van der Waals surface area contributed by atoms with Crippen LogP contribution in [0.2, 0.25) is 0 Å². The zero-order valence-electron chi connectivity index (χ0n) is 17.2. The molecule has 0 bridgehead atoms. The van der Waals surface area contributed by atoms with Crippen LogP contribution in [-0.4, -0.2) is 47.6 Å². The molecule has 1 unspecified atom stereocenters. The number of ether oxygens (including phenoxy) is 2. The molecule has 1 atom stereocenters. The van der Waals surface area contributed by atoms with Crippen molar-refractivity contribution in [2.45, 2.75) is 46.1 Å². The third-order valence-electron chi connectivity index (χ3n) is 5.24. The molecule has 1 fully saturated rings. The third kappa shape index (κ3) is 4.50. The molecule has 2 aromatic rings. The minimum Gasteiger partial charge on any atom is -0.497 e. The standard InChI is InChI=1S/C22H29N3O3/c1-5-28-14-18-12-23-16(3)24-21(18)17-7-6-10-25(13-17)22(26)20-9-8-19(27-4)11-15(20)2/h8-9,11-12,17H,5-7,10,13-14H2,1-4H3. The predicted octanol–water partition coefficient (Wildman–Crippen LogP) is 3.66. The lowest BCUT2D eigenvalue weighted by Gasteiger charge is -2.33. The van der Waals surface area contributed by atoms with E-state index in [9.17, 15) is 4.79 Å². The lowest BCUT2D eigenvalue weighted by molar-refractivity contribution is 0.0703. The number of aryl methyl sites for hydroxylation is 2. The van der Waals surface area contributed by atoms with Gasteiger partial charge in [0.2, 0.25) is 0 Å². The first-order valence-electron chi connectivity index (χ1n) is 9.87. The summed E-state index contributed by atoms with van der Waals surface area (Å²) in [5, 5.41) is 0. The summed E-state index contributed by atoms with van der Waals surface area (Å²) in [5.74, 6) is 1.79. The van der Waals surface area contributed by atoms with Gasteiger partial charge in [0.25, 0.3) is 5.91 Å². The van der Waals surface area contributed by atoms with Gasteiger partial charge < -0.3 is 14.4 Å². The summed E-state index contributed by atoms with van der Waals surface area (Å²) in [6.45, 7) is 8.43. The largest absolute Gasteiger partial charge is 0.497 e. The highest BCUT2D eigenvalue weighted by molar-refractivity contribution is 5.96. The Morgan fingerprint density at radius 1 is 1.32 bits per heavy atom. The number of methoxy groups -OCH3 is 1. The summed E-state index contributed by atoms with van der Waals surface area (Å²) in [4.78, 5) is 24.1. The first-order chi connectivity index (χ1) is 13.5. The number of amides is 1. The van der Waals surface area contributed by atoms with E-state index >= 15 is 0 Å². The van der Waals surface area contributed by atoms with Crippen molar-refractivity contribution in [3.8, 4) is 5.75 Å². The van der Waals surface area contributed by atoms with Gasteiger partial charge in [-0.25, -0.2) is 9.97 Å². The van der Waals surface area contributed by atoms with Gasteiger partial charge in [-0.05, 0) is 57.4 Å². The van der Waals surface area contributed by atoms with Gasteiger partial charge in [-0.1, -0.05) is 0 Å². The van der Waals surface area contributed by atoms with E-state index in [1.54, 1.807) is 7.11 Å². The Morgan fingerprint density at radius 2 is 2.14 bits per heavy atom. The number of piperidine rings is 1. The third-order valence-corrected chi connectivity index (χ3v) is 5.24. The van der Waals surface area contributed by atoms with E-state index in [1.165, 1.54) is 0 Å². The molecule has 1 aliphatic rings. The molecule has 28 heavy (non-hydrogen) atoms. The number of hydrogen-bond acceptors (Lipinski definition) is 5. The van der Waals surface area contributed by atoms with Crippen LogP contribution in [0.1, 0.15) is 58.7 Å². The fourth-order valence-electron chi connectivity index (χ4n) is 3.75. The van der Waals surface area contributed by atoms with Crippen LogP contribution in [-0.2, 0) is 11.3 Å². The second-order valence-corrected chi connectivity index (χ2v) is 7.24. The number of nitrogens with zero attached hydrogens (tertiary/aromatic N) is 3. The smallest absolute Gasteiger partial charge is 0.254 e. The second-order valence-electron chi connectivity index (χ2n) is 7.24. The van der Waals surface area contributed by atoms with Crippen molar-refractivity contribution in [2.24, 2.45) is 0 Å². The molecule has 0 aliphatic carbocycles. The summed E-state index contributed by atoms with van der Waals surface area (Å²) in [5.41, 5.74) is 3.70. The summed E-state index contributed by atoms with van der Waals surface area (Å²) in [6.07, 6.45) is 3.84. The zero-order chi connectivity index (χ0) is 20.1. The Kier molecular flexibility index (Phi) is 6.62. The van der Waals surface area contributed by atoms with Crippen LogP contribution in [0.15, 0.2) is 24.4 Å². The van der Waals surface area contributed by atoms with Crippen LogP contribution >= 0.6 is 0 Å². The van der Waals surface area contributed by atoms with Gasteiger partial charge in [-0.2, -0.15) is 0 Å². The second kappa shape index (κ2) is 9.15. The molecule has 2 heterocycles. The molecule has 150 valence electrons. The first kappa shape index (κ1) is 20.3. The van der Waals surface area contributed by atoms with Crippen LogP contribution in [0.5, 0.6) is 5.75 Å². The van der Waals surface area contributed by atoms with Crippen LogP contribution in [0.4, 0.5) is 0 Å². The molecule has 1 saturated heterocycles. The maximum absolute atomic E-state index is 13.1. The normalized spacial score (nSPS) is 16.9. The highest BCUT2D eigenvalue weighted by Gasteiger charge is 2.28. The molecule has 6 nitrogen and oxygen atoms in total. The SMILES string of the molecule is CCOCc1cnc(C)nc1C1CCCN(C(=O)c2ccc(OC)cc2C)C1. The van der Waals surface area contributed by atoms with Crippen LogP contribution in [0.3, 0.4) is 0 Å². The van der Waals surface area contributed by atoms with Crippen molar-refractivity contribution < 1.29 is 14.3 Å². The zero-order valence-corrected chi connectivity index (χ0v) is 17.2. The molecule has 0 spiro atoms. The van der Waals surface area contributed by atoms with E-state index in [4.69, 9.17) is 14.5 Å². The Labute approximate surface area is 166 Å². The van der Waals surface area contributed by atoms with Gasteiger partial charge in [0.15, 0.2) is 0 Å². The minimum absolute atomic E-state index is 0.0713. The molecular weight excluding hydrogens is 354 g/mol. The Balaban J connectivity index is 1.81. The Hall–Kier alpha value is -2.47. The molecule has 1 amide bonds. The summed E-state index contributed by atoms with van der Waals surface area (Å²) in [7, 11) is 1.63. The van der Waals surface area contributed by atoms with E-state index in [0.29, 0.717) is 19.8 Å². The number of benzene rings is 1. The quantitative estimate of drug-likeness (QED) is 0.762.